The molecule has 0 radical (unpaired) electrons. The van der Waals surface area contributed by atoms with Crippen LogP contribution in [0.15, 0.2) is 0 Å². The van der Waals surface area contributed by atoms with Crippen molar-refractivity contribution in [2.75, 3.05) is 31.7 Å². The number of carbonyl (C=O) groups is 1. The second-order valence-electron chi connectivity index (χ2n) is 6.00. The van der Waals surface area contributed by atoms with E-state index in [0.717, 1.165) is 18.5 Å². The van der Waals surface area contributed by atoms with Crippen LogP contribution in [0.25, 0.3) is 0 Å². The highest BCUT2D eigenvalue weighted by Gasteiger charge is 2.20. The first-order valence-corrected chi connectivity index (χ1v) is 9.18. The third-order valence-corrected chi connectivity index (χ3v) is 4.98. The molecule has 0 bridgehead atoms. The number of urea groups is 1. The van der Waals surface area contributed by atoms with Crippen molar-refractivity contribution in [1.29, 1.82) is 0 Å². The second-order valence-corrected chi connectivity index (χ2v) is 7.09. The molecular formula is C16H27N3O3S. The summed E-state index contributed by atoms with van der Waals surface area (Å²) in [6, 6.07) is -0.0676. The topological polar surface area (TPSA) is 74.7 Å². The van der Waals surface area contributed by atoms with Crippen molar-refractivity contribution in [3.8, 4) is 0 Å². The van der Waals surface area contributed by atoms with Crippen LogP contribution < -0.4 is 5.32 Å². The summed E-state index contributed by atoms with van der Waals surface area (Å²) in [5.74, 6) is 0. The van der Waals surface area contributed by atoms with Crippen LogP contribution in [0.1, 0.15) is 43.7 Å². The zero-order chi connectivity index (χ0) is 16.7. The van der Waals surface area contributed by atoms with Gasteiger partial charge in [0.05, 0.1) is 25.5 Å². The summed E-state index contributed by atoms with van der Waals surface area (Å²) in [6.07, 6.45) is 5.75. The Bertz CT molecular complexity index is 481. The number of aryl methyl sites for hydroxylation is 2. The van der Waals surface area contributed by atoms with E-state index in [-0.39, 0.29) is 18.7 Å². The predicted molar refractivity (Wildman–Crippen MR) is 92.1 cm³/mol. The minimum absolute atomic E-state index is 0.00144. The van der Waals surface area contributed by atoms with E-state index >= 15 is 0 Å². The van der Waals surface area contributed by atoms with Gasteiger partial charge in [-0.05, 0) is 39.5 Å². The predicted octanol–water partition coefficient (Wildman–Crippen LogP) is 2.66. The molecule has 0 fully saturated rings. The number of fused-ring (bicyclic) bond motifs is 1. The Morgan fingerprint density at radius 2 is 2.13 bits per heavy atom. The van der Waals surface area contributed by atoms with Crippen LogP contribution >= 0.6 is 11.3 Å². The van der Waals surface area contributed by atoms with Crippen LogP contribution in [0, 0.1) is 0 Å². The molecule has 2 amide bonds. The maximum atomic E-state index is 12.5. The molecule has 1 aromatic rings. The average molecular weight is 341 g/mol. The van der Waals surface area contributed by atoms with E-state index in [1.165, 1.54) is 24.1 Å². The molecule has 0 spiro atoms. The quantitative estimate of drug-likeness (QED) is 0.591. The average Bonchev–Trinajstić information content (AvgIpc) is 2.75. The molecule has 2 rings (SSSR count). The Kier molecular flexibility index (Phi) is 7.26. The molecule has 0 saturated carbocycles. The summed E-state index contributed by atoms with van der Waals surface area (Å²) >= 11 is 1.60. The lowest BCUT2D eigenvalue weighted by molar-refractivity contribution is 0.0757. The third kappa shape index (κ3) is 5.44. The van der Waals surface area contributed by atoms with Crippen LogP contribution in [-0.4, -0.2) is 53.4 Å². The second kappa shape index (κ2) is 9.20. The van der Waals surface area contributed by atoms with E-state index in [2.05, 4.69) is 10.3 Å². The van der Waals surface area contributed by atoms with Crippen molar-refractivity contribution >= 4 is 22.5 Å². The zero-order valence-electron chi connectivity index (χ0n) is 14.0. The van der Waals surface area contributed by atoms with E-state index in [1.807, 2.05) is 13.8 Å². The van der Waals surface area contributed by atoms with Gasteiger partial charge in [0.2, 0.25) is 0 Å². The number of ether oxygens (including phenoxy) is 1. The summed E-state index contributed by atoms with van der Waals surface area (Å²) in [6.45, 7) is 5.16. The number of aliphatic hydroxyl groups excluding tert-OH is 1. The monoisotopic (exact) mass is 341 g/mol. The van der Waals surface area contributed by atoms with Crippen molar-refractivity contribution in [3.63, 3.8) is 0 Å². The number of aromatic nitrogens is 1. The van der Waals surface area contributed by atoms with E-state index in [1.54, 1.807) is 16.2 Å². The summed E-state index contributed by atoms with van der Waals surface area (Å²) < 4.78 is 5.26. The van der Waals surface area contributed by atoms with Gasteiger partial charge >= 0.3 is 6.03 Å². The van der Waals surface area contributed by atoms with Crippen LogP contribution in [0.4, 0.5) is 9.93 Å². The number of hydrogen-bond acceptors (Lipinski definition) is 5. The number of thiazole rings is 1. The first-order chi connectivity index (χ1) is 11.1. The number of aliphatic hydroxyl groups is 1. The minimum Gasteiger partial charge on any atom is -0.394 e. The van der Waals surface area contributed by atoms with Crippen molar-refractivity contribution in [2.24, 2.45) is 0 Å². The first kappa shape index (κ1) is 18.2. The molecule has 0 saturated heterocycles. The zero-order valence-corrected chi connectivity index (χ0v) is 14.8. The smallest absolute Gasteiger partial charge is 0.323 e. The Morgan fingerprint density at radius 1 is 1.35 bits per heavy atom. The van der Waals surface area contributed by atoms with Gasteiger partial charge in [-0.3, -0.25) is 5.32 Å². The lowest BCUT2D eigenvalue weighted by Crippen LogP contribution is -2.42. The van der Waals surface area contributed by atoms with Crippen LogP contribution in [-0.2, 0) is 17.6 Å². The maximum Gasteiger partial charge on any atom is 0.323 e. The van der Waals surface area contributed by atoms with Gasteiger partial charge in [0, 0.05) is 17.5 Å². The van der Waals surface area contributed by atoms with Gasteiger partial charge in [-0.25, -0.2) is 9.78 Å². The highest BCUT2D eigenvalue weighted by molar-refractivity contribution is 7.15. The lowest BCUT2D eigenvalue weighted by Gasteiger charge is -2.26. The van der Waals surface area contributed by atoms with Gasteiger partial charge in [-0.15, -0.1) is 11.3 Å². The highest BCUT2D eigenvalue weighted by Crippen LogP contribution is 2.29. The van der Waals surface area contributed by atoms with E-state index in [0.29, 0.717) is 24.9 Å². The molecule has 0 unspecified atom stereocenters. The number of nitrogens with zero attached hydrogens (tertiary/aromatic N) is 2. The molecule has 1 aliphatic rings. The molecule has 1 heterocycles. The van der Waals surface area contributed by atoms with Crippen LogP contribution in [0.3, 0.4) is 0 Å². The molecule has 6 nitrogen and oxygen atoms in total. The fraction of sp³-hybridized carbons (Fsp3) is 0.750. The van der Waals surface area contributed by atoms with E-state index in [4.69, 9.17) is 9.84 Å². The third-order valence-electron chi connectivity index (χ3n) is 3.91. The normalized spacial score (nSPS) is 14.4. The number of rotatable bonds is 7. The molecule has 0 aliphatic heterocycles. The summed E-state index contributed by atoms with van der Waals surface area (Å²) in [7, 11) is 0. The Morgan fingerprint density at radius 3 is 2.87 bits per heavy atom. The standard InChI is InChI=1S/C16H27N3O3S/c1-12(2)19(8-10-22-11-9-20)16(21)18-15-17-13-6-4-3-5-7-14(13)23-15/h12,20H,3-11H2,1-2H3,(H,17,18,21). The Hall–Kier alpha value is -1.18. The summed E-state index contributed by atoms with van der Waals surface area (Å²) in [5.41, 5.74) is 1.16. The van der Waals surface area contributed by atoms with E-state index < -0.39 is 0 Å². The number of anilines is 1. The van der Waals surface area contributed by atoms with Crippen molar-refractivity contribution < 1.29 is 14.6 Å². The van der Waals surface area contributed by atoms with Crippen LogP contribution in [0.5, 0.6) is 0 Å². The number of nitrogens with one attached hydrogen (secondary N) is 1. The lowest BCUT2D eigenvalue weighted by atomic mass is 10.2. The largest absolute Gasteiger partial charge is 0.394 e. The van der Waals surface area contributed by atoms with Crippen molar-refractivity contribution in [2.45, 2.75) is 52.0 Å². The molecule has 7 heteroatoms. The Balaban J connectivity index is 1.92. The molecule has 1 aromatic heterocycles. The summed E-state index contributed by atoms with van der Waals surface area (Å²) in [5, 5.41) is 12.3. The van der Waals surface area contributed by atoms with E-state index in [9.17, 15) is 4.79 Å². The molecule has 2 N–H and O–H groups in total. The molecule has 0 atom stereocenters. The van der Waals surface area contributed by atoms with Crippen molar-refractivity contribution in [3.05, 3.63) is 10.6 Å². The van der Waals surface area contributed by atoms with Gasteiger partial charge < -0.3 is 14.7 Å². The molecule has 23 heavy (non-hydrogen) atoms. The maximum absolute atomic E-state index is 12.5. The van der Waals surface area contributed by atoms with Crippen LogP contribution in [0.2, 0.25) is 0 Å². The summed E-state index contributed by atoms with van der Waals surface area (Å²) in [4.78, 5) is 20.1. The minimum atomic E-state index is -0.142. The Labute approximate surface area is 141 Å². The van der Waals surface area contributed by atoms with Gasteiger partial charge in [0.15, 0.2) is 5.13 Å². The van der Waals surface area contributed by atoms with Gasteiger partial charge in [0.25, 0.3) is 0 Å². The molecule has 130 valence electrons. The van der Waals surface area contributed by atoms with Gasteiger partial charge in [0.1, 0.15) is 0 Å². The molecule has 0 aromatic carbocycles. The highest BCUT2D eigenvalue weighted by atomic mass is 32.1. The van der Waals surface area contributed by atoms with Gasteiger partial charge in [-0.2, -0.15) is 0 Å². The SMILES string of the molecule is CC(C)N(CCOCCO)C(=O)Nc1nc2c(s1)CCCCC2. The number of carbonyl (C=O) groups excluding carboxylic acids is 1. The first-order valence-electron chi connectivity index (χ1n) is 8.36. The van der Waals surface area contributed by atoms with Gasteiger partial charge in [-0.1, -0.05) is 6.42 Å². The number of hydrogen-bond donors (Lipinski definition) is 2. The number of amides is 2. The fourth-order valence-electron chi connectivity index (χ4n) is 2.67. The molecular weight excluding hydrogens is 314 g/mol. The molecule has 1 aliphatic carbocycles. The van der Waals surface area contributed by atoms with Crippen molar-refractivity contribution in [1.82, 2.24) is 9.88 Å². The fourth-order valence-corrected chi connectivity index (χ4v) is 3.71.